The Balaban J connectivity index is 1.71. The van der Waals surface area contributed by atoms with E-state index in [-0.39, 0.29) is 11.9 Å². The number of hydrogen-bond acceptors (Lipinski definition) is 2. The number of carbonyl (C=O) groups is 2. The number of urea groups is 1. The first-order chi connectivity index (χ1) is 10.6. The summed E-state index contributed by atoms with van der Waals surface area (Å²) in [6, 6.07) is 14.3. The maximum atomic E-state index is 12.2. The van der Waals surface area contributed by atoms with E-state index in [1.165, 1.54) is 0 Å². The van der Waals surface area contributed by atoms with Crippen LogP contribution in [0.3, 0.4) is 0 Å². The standard InChI is InChI=1S/C16H14BrN3O2/c17-12-3-1-2-11(10-12)15(21)19-13-4-6-14(7-5-13)20-9-8-18-16(20)22/h1-7,10H,8-9H2,(H,18,22)(H,19,21). The zero-order chi connectivity index (χ0) is 15.5. The van der Waals surface area contributed by atoms with Crippen LogP contribution in [-0.4, -0.2) is 25.0 Å². The summed E-state index contributed by atoms with van der Waals surface area (Å²) >= 11 is 3.35. The normalized spacial score (nSPS) is 13.9. The first-order valence-electron chi connectivity index (χ1n) is 6.86. The lowest BCUT2D eigenvalue weighted by atomic mass is 10.2. The predicted molar refractivity (Wildman–Crippen MR) is 89.3 cm³/mol. The highest BCUT2D eigenvalue weighted by molar-refractivity contribution is 9.10. The first kappa shape index (κ1) is 14.6. The van der Waals surface area contributed by atoms with Gasteiger partial charge in [0, 0.05) is 34.5 Å². The van der Waals surface area contributed by atoms with Gasteiger partial charge in [0.2, 0.25) is 0 Å². The van der Waals surface area contributed by atoms with E-state index in [0.29, 0.717) is 24.3 Å². The van der Waals surface area contributed by atoms with Crippen molar-refractivity contribution in [3.8, 4) is 0 Å². The van der Waals surface area contributed by atoms with Crippen molar-refractivity contribution in [2.45, 2.75) is 0 Å². The van der Waals surface area contributed by atoms with Crippen molar-refractivity contribution in [3.05, 3.63) is 58.6 Å². The summed E-state index contributed by atoms with van der Waals surface area (Å²) in [4.78, 5) is 25.4. The molecule has 0 saturated carbocycles. The molecule has 0 aromatic heterocycles. The fraction of sp³-hybridized carbons (Fsp3) is 0.125. The van der Waals surface area contributed by atoms with E-state index < -0.39 is 0 Å². The third-order valence-corrected chi connectivity index (χ3v) is 3.87. The van der Waals surface area contributed by atoms with Crippen molar-refractivity contribution in [1.82, 2.24) is 5.32 Å². The largest absolute Gasteiger partial charge is 0.336 e. The zero-order valence-electron chi connectivity index (χ0n) is 11.7. The van der Waals surface area contributed by atoms with Gasteiger partial charge in [0.1, 0.15) is 0 Å². The molecule has 0 unspecified atom stereocenters. The smallest absolute Gasteiger partial charge is 0.321 e. The van der Waals surface area contributed by atoms with Gasteiger partial charge in [-0.15, -0.1) is 0 Å². The van der Waals surface area contributed by atoms with Gasteiger partial charge in [-0.1, -0.05) is 22.0 Å². The molecule has 3 rings (SSSR count). The molecule has 2 aromatic rings. The molecule has 0 aliphatic carbocycles. The van der Waals surface area contributed by atoms with Crippen LogP contribution in [-0.2, 0) is 0 Å². The highest BCUT2D eigenvalue weighted by atomic mass is 79.9. The molecule has 1 aliphatic rings. The zero-order valence-corrected chi connectivity index (χ0v) is 13.3. The van der Waals surface area contributed by atoms with E-state index in [4.69, 9.17) is 0 Å². The Morgan fingerprint density at radius 3 is 2.59 bits per heavy atom. The average Bonchev–Trinajstić information content (AvgIpc) is 2.94. The van der Waals surface area contributed by atoms with Crippen LogP contribution in [0.1, 0.15) is 10.4 Å². The SMILES string of the molecule is O=C(Nc1ccc(N2CCNC2=O)cc1)c1cccc(Br)c1. The number of halogens is 1. The molecule has 22 heavy (non-hydrogen) atoms. The molecule has 1 aliphatic heterocycles. The van der Waals surface area contributed by atoms with E-state index in [0.717, 1.165) is 10.2 Å². The fourth-order valence-corrected chi connectivity index (χ4v) is 2.67. The molecule has 2 aromatic carbocycles. The number of hydrogen-bond donors (Lipinski definition) is 2. The summed E-state index contributed by atoms with van der Waals surface area (Å²) in [6.45, 7) is 1.31. The molecule has 5 nitrogen and oxygen atoms in total. The maximum Gasteiger partial charge on any atom is 0.321 e. The summed E-state index contributed by atoms with van der Waals surface area (Å²) in [5, 5.41) is 5.59. The average molecular weight is 360 g/mol. The summed E-state index contributed by atoms with van der Waals surface area (Å²) in [5.74, 6) is -0.173. The van der Waals surface area contributed by atoms with Crippen LogP contribution in [0.25, 0.3) is 0 Å². The third-order valence-electron chi connectivity index (χ3n) is 3.38. The van der Waals surface area contributed by atoms with Crippen molar-refractivity contribution in [2.24, 2.45) is 0 Å². The van der Waals surface area contributed by atoms with Gasteiger partial charge in [-0.2, -0.15) is 0 Å². The van der Waals surface area contributed by atoms with Crippen LogP contribution in [0.2, 0.25) is 0 Å². The summed E-state index contributed by atoms with van der Waals surface area (Å²) in [7, 11) is 0. The van der Waals surface area contributed by atoms with Crippen LogP contribution in [0.5, 0.6) is 0 Å². The predicted octanol–water partition coefficient (Wildman–Crippen LogP) is 3.23. The van der Waals surface area contributed by atoms with Gasteiger partial charge >= 0.3 is 6.03 Å². The van der Waals surface area contributed by atoms with Gasteiger partial charge in [-0.3, -0.25) is 9.69 Å². The lowest BCUT2D eigenvalue weighted by Gasteiger charge is -2.14. The number of carbonyl (C=O) groups excluding carboxylic acids is 2. The van der Waals surface area contributed by atoms with Crippen molar-refractivity contribution in [3.63, 3.8) is 0 Å². The van der Waals surface area contributed by atoms with Crippen LogP contribution in [0, 0.1) is 0 Å². The summed E-state index contributed by atoms with van der Waals surface area (Å²) in [6.07, 6.45) is 0. The number of anilines is 2. The molecule has 0 atom stereocenters. The molecule has 1 fully saturated rings. The second-order valence-corrected chi connectivity index (χ2v) is 5.81. The van der Waals surface area contributed by atoms with Gasteiger partial charge in [0.25, 0.3) is 5.91 Å². The molecular weight excluding hydrogens is 346 g/mol. The number of nitrogens with zero attached hydrogens (tertiary/aromatic N) is 1. The lowest BCUT2D eigenvalue weighted by Crippen LogP contribution is -2.27. The van der Waals surface area contributed by atoms with Crippen molar-refractivity contribution < 1.29 is 9.59 Å². The van der Waals surface area contributed by atoms with Crippen LogP contribution >= 0.6 is 15.9 Å². The minimum atomic E-state index is -0.173. The maximum absolute atomic E-state index is 12.2. The Labute approximate surface area is 136 Å². The Bertz CT molecular complexity index is 716. The minimum absolute atomic E-state index is 0.0917. The number of amides is 3. The molecular formula is C16H14BrN3O2. The third kappa shape index (κ3) is 3.12. The molecule has 0 spiro atoms. The molecule has 6 heteroatoms. The minimum Gasteiger partial charge on any atom is -0.336 e. The lowest BCUT2D eigenvalue weighted by molar-refractivity contribution is 0.102. The molecule has 0 radical (unpaired) electrons. The second kappa shape index (κ2) is 6.19. The monoisotopic (exact) mass is 359 g/mol. The second-order valence-electron chi connectivity index (χ2n) is 4.89. The molecule has 0 bridgehead atoms. The van der Waals surface area contributed by atoms with Gasteiger partial charge < -0.3 is 10.6 Å². The Morgan fingerprint density at radius 2 is 1.95 bits per heavy atom. The van der Waals surface area contributed by atoms with E-state index in [9.17, 15) is 9.59 Å². The number of rotatable bonds is 3. The van der Waals surface area contributed by atoms with E-state index in [1.807, 2.05) is 24.3 Å². The topological polar surface area (TPSA) is 61.4 Å². The number of nitrogens with one attached hydrogen (secondary N) is 2. The molecule has 1 saturated heterocycles. The van der Waals surface area contributed by atoms with Crippen LogP contribution < -0.4 is 15.5 Å². The van der Waals surface area contributed by atoms with Crippen molar-refractivity contribution in [2.75, 3.05) is 23.3 Å². The quantitative estimate of drug-likeness (QED) is 0.883. The van der Waals surface area contributed by atoms with E-state index in [1.54, 1.807) is 29.2 Å². The summed E-state index contributed by atoms with van der Waals surface area (Å²) < 4.78 is 0.857. The highest BCUT2D eigenvalue weighted by Gasteiger charge is 2.20. The van der Waals surface area contributed by atoms with Crippen molar-refractivity contribution in [1.29, 1.82) is 0 Å². The molecule has 2 N–H and O–H groups in total. The van der Waals surface area contributed by atoms with Crippen LogP contribution in [0.4, 0.5) is 16.2 Å². The Hall–Kier alpha value is -2.34. The Kier molecular flexibility index (Phi) is 4.11. The van der Waals surface area contributed by atoms with E-state index in [2.05, 4.69) is 26.6 Å². The first-order valence-corrected chi connectivity index (χ1v) is 7.65. The van der Waals surface area contributed by atoms with Gasteiger partial charge in [-0.25, -0.2) is 4.79 Å². The fourth-order valence-electron chi connectivity index (χ4n) is 2.28. The number of benzene rings is 2. The van der Waals surface area contributed by atoms with Crippen molar-refractivity contribution >= 4 is 39.2 Å². The van der Waals surface area contributed by atoms with E-state index >= 15 is 0 Å². The van der Waals surface area contributed by atoms with Gasteiger partial charge in [0.05, 0.1) is 0 Å². The molecule has 1 heterocycles. The van der Waals surface area contributed by atoms with Gasteiger partial charge in [-0.05, 0) is 42.5 Å². The molecule has 3 amide bonds. The summed E-state index contributed by atoms with van der Waals surface area (Å²) in [5.41, 5.74) is 2.08. The Morgan fingerprint density at radius 1 is 1.18 bits per heavy atom. The highest BCUT2D eigenvalue weighted by Crippen LogP contribution is 2.20. The molecule has 112 valence electrons. The van der Waals surface area contributed by atoms with Gasteiger partial charge in [0.15, 0.2) is 0 Å². The van der Waals surface area contributed by atoms with Crippen LogP contribution in [0.15, 0.2) is 53.0 Å².